The molecule has 5 N–H and O–H groups in total. The Kier molecular flexibility index (Phi) is 6.80. The van der Waals surface area contributed by atoms with Crippen LogP contribution in [0.15, 0.2) is 0 Å². The quantitative estimate of drug-likeness (QED) is 0.470. The molecule has 0 aromatic heterocycles. The Morgan fingerprint density at radius 1 is 1.21 bits per heavy atom. The molecule has 1 fully saturated rings. The van der Waals surface area contributed by atoms with Gasteiger partial charge in [-0.3, -0.25) is 9.59 Å². The molecule has 0 aromatic carbocycles. The van der Waals surface area contributed by atoms with Gasteiger partial charge in [0.05, 0.1) is 12.6 Å². The van der Waals surface area contributed by atoms with E-state index in [0.29, 0.717) is 6.42 Å². The molecule has 6 heteroatoms. The Morgan fingerprint density at radius 3 is 2.37 bits per heavy atom. The van der Waals surface area contributed by atoms with Gasteiger partial charge in [0.2, 0.25) is 0 Å². The lowest BCUT2D eigenvalue weighted by atomic mass is 9.96. The first kappa shape index (κ1) is 15.9. The monoisotopic (exact) mass is 272 g/mol. The second-order valence-corrected chi connectivity index (χ2v) is 5.22. The molecule has 110 valence electrons. The van der Waals surface area contributed by atoms with Gasteiger partial charge in [0.25, 0.3) is 0 Å². The van der Waals surface area contributed by atoms with Crippen LogP contribution in [0.25, 0.3) is 0 Å². The predicted octanol–water partition coefficient (Wildman–Crippen LogP) is 0.977. The second kappa shape index (κ2) is 8.12. The van der Waals surface area contributed by atoms with Gasteiger partial charge in [-0.15, -0.1) is 0 Å². The zero-order valence-corrected chi connectivity index (χ0v) is 11.2. The van der Waals surface area contributed by atoms with E-state index in [0.717, 1.165) is 25.7 Å². The van der Waals surface area contributed by atoms with Crippen molar-refractivity contribution in [3.63, 3.8) is 0 Å². The Hall–Kier alpha value is -1.14. The maximum absolute atomic E-state index is 11.7. The SMILES string of the molecule is NC(N)C(CCC(=O)OC1CCCCC1)CC(=O)O. The van der Waals surface area contributed by atoms with Crippen molar-refractivity contribution < 1.29 is 19.4 Å². The number of rotatable bonds is 7. The van der Waals surface area contributed by atoms with Crippen LogP contribution < -0.4 is 11.5 Å². The van der Waals surface area contributed by atoms with Crippen molar-refractivity contribution in [3.8, 4) is 0 Å². The standard InChI is InChI=1S/C13H24N2O4/c14-13(15)9(8-11(16)17)6-7-12(18)19-10-4-2-1-3-5-10/h9-10,13H,1-8,14-15H2,(H,16,17). The van der Waals surface area contributed by atoms with Crippen LogP contribution in [0.2, 0.25) is 0 Å². The fourth-order valence-corrected chi connectivity index (χ4v) is 2.39. The molecule has 6 nitrogen and oxygen atoms in total. The molecule has 0 saturated heterocycles. The van der Waals surface area contributed by atoms with Crippen molar-refractivity contribution >= 4 is 11.9 Å². The summed E-state index contributed by atoms with van der Waals surface area (Å²) in [7, 11) is 0. The third-order valence-corrected chi connectivity index (χ3v) is 3.55. The predicted molar refractivity (Wildman–Crippen MR) is 70.1 cm³/mol. The Morgan fingerprint density at radius 2 is 1.84 bits per heavy atom. The van der Waals surface area contributed by atoms with Crippen LogP contribution in [0.4, 0.5) is 0 Å². The second-order valence-electron chi connectivity index (χ2n) is 5.22. The van der Waals surface area contributed by atoms with Crippen LogP contribution >= 0.6 is 0 Å². The summed E-state index contributed by atoms with van der Waals surface area (Å²) in [5, 5.41) is 8.73. The summed E-state index contributed by atoms with van der Waals surface area (Å²) in [6.07, 6.45) is 5.01. The maximum atomic E-state index is 11.7. The van der Waals surface area contributed by atoms with Crippen molar-refractivity contribution in [1.29, 1.82) is 0 Å². The number of hydrogen-bond donors (Lipinski definition) is 3. The van der Waals surface area contributed by atoms with Gasteiger partial charge in [0, 0.05) is 6.42 Å². The van der Waals surface area contributed by atoms with Gasteiger partial charge in [0.1, 0.15) is 6.10 Å². The van der Waals surface area contributed by atoms with Gasteiger partial charge in [-0.05, 0) is 38.0 Å². The molecule has 0 aliphatic heterocycles. The lowest BCUT2D eigenvalue weighted by Gasteiger charge is -2.23. The highest BCUT2D eigenvalue weighted by atomic mass is 16.5. The smallest absolute Gasteiger partial charge is 0.306 e. The Labute approximate surface area is 113 Å². The number of esters is 1. The highest BCUT2D eigenvalue weighted by molar-refractivity contribution is 5.70. The van der Waals surface area contributed by atoms with Crippen molar-refractivity contribution in [2.45, 2.75) is 63.6 Å². The molecule has 1 aliphatic rings. The summed E-state index contributed by atoms with van der Waals surface area (Å²) in [5.41, 5.74) is 11.0. The van der Waals surface area contributed by atoms with Crippen LogP contribution in [-0.4, -0.2) is 29.3 Å². The molecular formula is C13H24N2O4. The summed E-state index contributed by atoms with van der Waals surface area (Å²) >= 11 is 0. The molecule has 0 amide bonds. The first-order chi connectivity index (χ1) is 8.99. The van der Waals surface area contributed by atoms with Crippen molar-refractivity contribution in [2.75, 3.05) is 0 Å². The summed E-state index contributed by atoms with van der Waals surface area (Å²) < 4.78 is 5.36. The van der Waals surface area contributed by atoms with Crippen LogP contribution in [0.3, 0.4) is 0 Å². The van der Waals surface area contributed by atoms with Gasteiger partial charge in [-0.25, -0.2) is 0 Å². The van der Waals surface area contributed by atoms with E-state index in [1.807, 2.05) is 0 Å². The molecule has 1 saturated carbocycles. The van der Waals surface area contributed by atoms with Crippen LogP contribution in [0.5, 0.6) is 0 Å². The zero-order valence-electron chi connectivity index (χ0n) is 11.2. The molecule has 19 heavy (non-hydrogen) atoms. The molecule has 0 heterocycles. The van der Waals surface area contributed by atoms with E-state index >= 15 is 0 Å². The first-order valence-corrected chi connectivity index (χ1v) is 6.91. The topological polar surface area (TPSA) is 116 Å². The summed E-state index contributed by atoms with van der Waals surface area (Å²) in [6, 6.07) is 0. The molecule has 0 aromatic rings. The van der Waals surface area contributed by atoms with Crippen molar-refractivity contribution in [3.05, 3.63) is 0 Å². The number of carbonyl (C=O) groups excluding carboxylic acids is 1. The average Bonchev–Trinajstić information content (AvgIpc) is 2.35. The number of carboxylic acids is 1. The van der Waals surface area contributed by atoms with Gasteiger partial charge in [-0.1, -0.05) is 6.42 Å². The van der Waals surface area contributed by atoms with Crippen LogP contribution in [0.1, 0.15) is 51.4 Å². The first-order valence-electron chi connectivity index (χ1n) is 6.91. The van der Waals surface area contributed by atoms with E-state index in [4.69, 9.17) is 21.3 Å². The average molecular weight is 272 g/mol. The van der Waals surface area contributed by atoms with E-state index in [1.54, 1.807) is 0 Å². The third-order valence-electron chi connectivity index (χ3n) is 3.55. The minimum atomic E-state index is -0.952. The van der Waals surface area contributed by atoms with Gasteiger partial charge in [-0.2, -0.15) is 0 Å². The third kappa shape index (κ3) is 6.54. The molecule has 0 spiro atoms. The molecule has 1 rings (SSSR count). The van der Waals surface area contributed by atoms with Crippen LogP contribution in [0, 0.1) is 5.92 Å². The number of carbonyl (C=O) groups is 2. The highest BCUT2D eigenvalue weighted by Gasteiger charge is 2.22. The Bertz CT molecular complexity index is 301. The summed E-state index contributed by atoms with van der Waals surface area (Å²) in [6.45, 7) is 0. The summed E-state index contributed by atoms with van der Waals surface area (Å²) in [5.74, 6) is -1.62. The number of aliphatic carboxylic acids is 1. The van der Waals surface area contributed by atoms with Crippen molar-refractivity contribution in [2.24, 2.45) is 17.4 Å². The highest BCUT2D eigenvalue weighted by Crippen LogP contribution is 2.21. The van der Waals surface area contributed by atoms with Gasteiger partial charge < -0.3 is 21.3 Å². The fourth-order valence-electron chi connectivity index (χ4n) is 2.39. The van der Waals surface area contributed by atoms with E-state index in [2.05, 4.69) is 0 Å². The number of nitrogens with two attached hydrogens (primary N) is 2. The number of hydrogen-bond acceptors (Lipinski definition) is 5. The molecule has 0 bridgehead atoms. The van der Waals surface area contributed by atoms with Crippen molar-refractivity contribution in [1.82, 2.24) is 0 Å². The lowest BCUT2D eigenvalue weighted by molar-refractivity contribution is -0.151. The summed E-state index contributed by atoms with van der Waals surface area (Å²) in [4.78, 5) is 22.3. The minimum Gasteiger partial charge on any atom is -0.481 e. The maximum Gasteiger partial charge on any atom is 0.306 e. The minimum absolute atomic E-state index is 0.0331. The molecule has 1 unspecified atom stereocenters. The van der Waals surface area contributed by atoms with E-state index < -0.39 is 18.1 Å². The molecule has 1 atom stereocenters. The Balaban J connectivity index is 2.28. The van der Waals surface area contributed by atoms with Gasteiger partial charge >= 0.3 is 11.9 Å². The van der Waals surface area contributed by atoms with E-state index in [9.17, 15) is 9.59 Å². The number of ether oxygens (including phenoxy) is 1. The largest absolute Gasteiger partial charge is 0.481 e. The number of carboxylic acid groups (broad SMARTS) is 1. The van der Waals surface area contributed by atoms with Gasteiger partial charge in [0.15, 0.2) is 0 Å². The fraction of sp³-hybridized carbons (Fsp3) is 0.846. The van der Waals surface area contributed by atoms with Crippen LogP contribution in [-0.2, 0) is 14.3 Å². The molecular weight excluding hydrogens is 248 g/mol. The normalized spacial score (nSPS) is 18.3. The lowest BCUT2D eigenvalue weighted by Crippen LogP contribution is -2.40. The molecule has 0 radical (unpaired) electrons. The van der Waals surface area contributed by atoms with E-state index in [-0.39, 0.29) is 24.9 Å². The van der Waals surface area contributed by atoms with E-state index in [1.165, 1.54) is 6.42 Å². The molecule has 1 aliphatic carbocycles. The zero-order chi connectivity index (χ0) is 14.3.